The smallest absolute Gasteiger partial charge is 0.322 e. The van der Waals surface area contributed by atoms with Crippen molar-refractivity contribution in [3.05, 3.63) is 0 Å². The van der Waals surface area contributed by atoms with Crippen LogP contribution >= 0.6 is 0 Å². The van der Waals surface area contributed by atoms with E-state index in [-0.39, 0.29) is 44.7 Å². The second-order valence-electron chi connectivity index (χ2n) is 11.8. The van der Waals surface area contributed by atoms with Gasteiger partial charge in [0.1, 0.15) is 36.8 Å². The number of carboxylic acids is 1. The van der Waals surface area contributed by atoms with Crippen LogP contribution < -0.4 is 43.4 Å². The highest BCUT2D eigenvalue weighted by atomic mass is 16.4. The molecule has 51 heavy (non-hydrogen) atoms. The third kappa shape index (κ3) is 11.1. The zero-order chi connectivity index (χ0) is 37.8. The number of nitrogens with zero attached hydrogens (tertiary/aromatic N) is 3. The first-order chi connectivity index (χ1) is 24.1. The van der Waals surface area contributed by atoms with Crippen LogP contribution in [0.3, 0.4) is 0 Å². The number of rotatable bonds is 8. The fourth-order valence-corrected chi connectivity index (χ4v) is 5.61. The van der Waals surface area contributed by atoms with Gasteiger partial charge in [0.25, 0.3) is 5.91 Å². The number of aliphatic hydroxyl groups excluding tert-OH is 1. The number of hydrogen-bond acceptors (Lipinski definition) is 12. The molecule has 3 aliphatic rings. The highest BCUT2D eigenvalue weighted by Gasteiger charge is 2.48. The van der Waals surface area contributed by atoms with E-state index >= 15 is 0 Å². The Bertz CT molecular complexity index is 1470. The summed E-state index contributed by atoms with van der Waals surface area (Å²) in [4.78, 5) is 134. The van der Waals surface area contributed by atoms with E-state index in [1.165, 1.54) is 0 Å². The van der Waals surface area contributed by atoms with Gasteiger partial charge in [-0.3, -0.25) is 57.8 Å². The monoisotopic (exact) mass is 723 g/mol. The van der Waals surface area contributed by atoms with Crippen molar-refractivity contribution < 1.29 is 58.2 Å². The molecule has 3 aliphatic heterocycles. The molecule has 1 unspecified atom stereocenters. The number of hydrogen-bond donors (Lipinski definition) is 10. The first-order valence-electron chi connectivity index (χ1n) is 15.9. The molecule has 3 saturated heterocycles. The molecule has 0 saturated carbocycles. The van der Waals surface area contributed by atoms with Gasteiger partial charge in [-0.15, -0.1) is 0 Å². The van der Waals surface area contributed by atoms with Gasteiger partial charge in [0.2, 0.25) is 47.3 Å². The zero-order valence-corrected chi connectivity index (χ0v) is 27.3. The van der Waals surface area contributed by atoms with Gasteiger partial charge < -0.3 is 58.5 Å². The number of carbonyl (C=O) groups is 10. The highest BCUT2D eigenvalue weighted by molar-refractivity contribution is 6.10. The highest BCUT2D eigenvalue weighted by Crippen LogP contribution is 2.23. The van der Waals surface area contributed by atoms with Crippen molar-refractivity contribution in [2.75, 3.05) is 39.3 Å². The minimum absolute atomic E-state index is 0.0406. The molecule has 9 amide bonds. The molecule has 0 aromatic heterocycles. The van der Waals surface area contributed by atoms with Crippen molar-refractivity contribution in [3.63, 3.8) is 0 Å². The van der Waals surface area contributed by atoms with E-state index in [2.05, 4.69) is 31.6 Å². The Kier molecular flexibility index (Phi) is 14.1. The summed E-state index contributed by atoms with van der Waals surface area (Å²) in [5, 5.41) is 32.7. The Morgan fingerprint density at radius 1 is 0.882 bits per heavy atom. The van der Waals surface area contributed by atoms with E-state index in [1.807, 2.05) is 5.32 Å². The lowest BCUT2D eigenvalue weighted by molar-refractivity contribution is -0.154. The predicted octanol–water partition coefficient (Wildman–Crippen LogP) is -7.56. The van der Waals surface area contributed by atoms with Gasteiger partial charge in [-0.25, -0.2) is 0 Å². The normalized spacial score (nSPS) is 25.6. The molecule has 280 valence electrons. The number of aliphatic hydroxyl groups is 1. The Morgan fingerprint density at radius 3 is 2.24 bits per heavy atom. The zero-order valence-electron chi connectivity index (χ0n) is 27.3. The van der Waals surface area contributed by atoms with Crippen molar-refractivity contribution in [2.45, 2.75) is 68.7 Å². The van der Waals surface area contributed by atoms with E-state index in [4.69, 9.17) is 16.6 Å². The van der Waals surface area contributed by atoms with Crippen LogP contribution in [0.4, 0.5) is 0 Å². The molecule has 0 aliphatic carbocycles. The number of imide groups is 1. The maximum Gasteiger partial charge on any atom is 0.322 e. The van der Waals surface area contributed by atoms with E-state index in [9.17, 15) is 53.1 Å². The molecule has 0 aromatic carbocycles. The number of carboxylic acid groups (broad SMARTS) is 1. The molecule has 23 nitrogen and oxygen atoms in total. The van der Waals surface area contributed by atoms with E-state index in [1.54, 1.807) is 0 Å². The number of nitrogens with one attached hydrogen (secondary N) is 6. The number of fused-ring (bicyclic) bond motifs is 3. The van der Waals surface area contributed by atoms with Crippen molar-refractivity contribution in [1.82, 2.24) is 41.7 Å². The molecule has 23 heteroatoms. The van der Waals surface area contributed by atoms with Gasteiger partial charge in [-0.05, 0) is 25.7 Å². The topological polar surface area (TPSA) is 354 Å². The van der Waals surface area contributed by atoms with E-state index in [0.29, 0.717) is 4.90 Å². The number of aliphatic carboxylic acids is 1. The van der Waals surface area contributed by atoms with Gasteiger partial charge in [-0.2, -0.15) is 0 Å². The fraction of sp³-hybridized carbons (Fsp3) is 0.607. The number of nitrogens with two attached hydrogens (primary N) is 2. The number of guanidine groups is 1. The number of carbonyl (C=O) groups excluding carboxylic acids is 9. The standard InChI is InChI=1S/C28H41N11O12/c29-28(30)31-5-1-3-13-23(47)33-10-20(43)36-15-8-21(44)39(26(15)50)17(12-40)27(51)38-6-2-4-16(38)25(49)37-14(24(48)34-11-22(45)46)7-18(41)32-9-19(42)35-13/h13-17,40H,1-12H2,(H,32,41)(H,33,47)(H,34,48)(H,35,42)(H,36,43)(H,37,49)(H,45,46)(H4,29,30,31)/t13?,14-,15-,16-,17-/m0/s1. The Labute approximate surface area is 289 Å². The van der Waals surface area contributed by atoms with Gasteiger partial charge in [-0.1, -0.05) is 0 Å². The molecule has 0 radical (unpaired) electrons. The number of aliphatic imine (C=N–C) groups is 1. The van der Waals surface area contributed by atoms with Crippen LogP contribution in [0.1, 0.15) is 38.5 Å². The summed E-state index contributed by atoms with van der Waals surface area (Å²) < 4.78 is 0. The lowest BCUT2D eigenvalue weighted by atomic mass is 10.1. The minimum atomic E-state index is -1.78. The van der Waals surface area contributed by atoms with Crippen molar-refractivity contribution >= 4 is 65.1 Å². The second kappa shape index (κ2) is 18.2. The SMILES string of the molecule is NC(N)=NCCCC1NC(=O)CNC(=O)C[C@@H](C(=O)NCC(=O)O)NC(=O)[C@@H]2CCCN2C(=O)[C@H](CO)N2C(=O)C[C@H](NC(=O)CNC1=O)C2=O. The summed E-state index contributed by atoms with van der Waals surface area (Å²) in [5.41, 5.74) is 10.6. The summed E-state index contributed by atoms with van der Waals surface area (Å²) in [6.07, 6.45) is -0.926. The lowest BCUT2D eigenvalue weighted by Gasteiger charge is -2.31. The summed E-state index contributed by atoms with van der Waals surface area (Å²) in [6, 6.07) is -7.49. The second-order valence-corrected chi connectivity index (χ2v) is 11.8. The molecule has 2 bridgehead atoms. The minimum Gasteiger partial charge on any atom is -0.480 e. The average molecular weight is 724 g/mol. The van der Waals surface area contributed by atoms with Gasteiger partial charge >= 0.3 is 5.97 Å². The average Bonchev–Trinajstić information content (AvgIpc) is 3.67. The Morgan fingerprint density at radius 2 is 1.57 bits per heavy atom. The summed E-state index contributed by atoms with van der Waals surface area (Å²) >= 11 is 0. The van der Waals surface area contributed by atoms with Crippen LogP contribution in [0, 0.1) is 0 Å². The molecule has 12 N–H and O–H groups in total. The van der Waals surface area contributed by atoms with E-state index < -0.39 is 128 Å². The van der Waals surface area contributed by atoms with Gasteiger partial charge in [0.05, 0.1) is 32.5 Å². The molecular weight excluding hydrogens is 682 g/mol. The maximum atomic E-state index is 13.6. The van der Waals surface area contributed by atoms with Crippen LogP contribution in [-0.4, -0.2) is 155 Å². The first-order valence-corrected chi connectivity index (χ1v) is 15.9. The quantitative estimate of drug-likeness (QED) is 0.0481. The largest absolute Gasteiger partial charge is 0.480 e. The van der Waals surface area contributed by atoms with Crippen LogP contribution in [0.15, 0.2) is 4.99 Å². The third-order valence-corrected chi connectivity index (χ3v) is 8.03. The van der Waals surface area contributed by atoms with Crippen LogP contribution in [0.2, 0.25) is 0 Å². The lowest BCUT2D eigenvalue weighted by Crippen LogP contribution is -2.59. The molecule has 5 atom stereocenters. The summed E-state index contributed by atoms with van der Waals surface area (Å²) in [5.74, 6) is -10.2. The van der Waals surface area contributed by atoms with Crippen LogP contribution in [0.25, 0.3) is 0 Å². The van der Waals surface area contributed by atoms with Crippen LogP contribution in [-0.2, 0) is 47.9 Å². The van der Waals surface area contributed by atoms with Crippen LogP contribution in [0.5, 0.6) is 0 Å². The van der Waals surface area contributed by atoms with Crippen molar-refractivity contribution in [1.29, 1.82) is 0 Å². The van der Waals surface area contributed by atoms with Gasteiger partial charge in [0, 0.05) is 13.1 Å². The predicted molar refractivity (Wildman–Crippen MR) is 169 cm³/mol. The Hall–Kier alpha value is -5.87. The molecule has 3 fully saturated rings. The molecular formula is C28H41N11O12. The molecule has 0 spiro atoms. The van der Waals surface area contributed by atoms with Gasteiger partial charge in [0.15, 0.2) is 5.96 Å². The first kappa shape index (κ1) is 39.6. The van der Waals surface area contributed by atoms with E-state index in [0.717, 1.165) is 4.90 Å². The maximum absolute atomic E-state index is 13.6. The molecule has 0 aromatic rings. The molecule has 3 rings (SSSR count). The number of amides is 9. The Balaban J connectivity index is 1.91. The fourth-order valence-electron chi connectivity index (χ4n) is 5.61. The van der Waals surface area contributed by atoms with Crippen molar-refractivity contribution in [2.24, 2.45) is 16.5 Å². The third-order valence-electron chi connectivity index (χ3n) is 8.03. The summed E-state index contributed by atoms with van der Waals surface area (Å²) in [6.45, 7) is -3.30. The summed E-state index contributed by atoms with van der Waals surface area (Å²) in [7, 11) is 0. The van der Waals surface area contributed by atoms with Crippen molar-refractivity contribution in [3.8, 4) is 0 Å². The molecule has 3 heterocycles.